The van der Waals surface area contributed by atoms with E-state index in [1.165, 1.54) is 0 Å². The van der Waals surface area contributed by atoms with Crippen molar-refractivity contribution in [3.05, 3.63) is 22.3 Å². The number of carbonyl (C=O) groups is 1. The molecule has 1 aliphatic heterocycles. The Labute approximate surface area is 168 Å². The Hall–Kier alpha value is -1.55. The van der Waals surface area contributed by atoms with Gasteiger partial charge in [-0.3, -0.25) is 19.2 Å². The highest BCUT2D eigenvalue weighted by molar-refractivity contribution is 7.71. The second-order valence-corrected chi connectivity index (χ2v) is 8.52. The highest BCUT2D eigenvalue weighted by atomic mass is 32.1. The number of hydrogen-bond donors (Lipinski definition) is 1. The third-order valence-electron chi connectivity index (χ3n) is 5.09. The lowest BCUT2D eigenvalue weighted by Crippen LogP contribution is -2.49. The summed E-state index contributed by atoms with van der Waals surface area (Å²) >= 11 is 7.35. The molecule has 0 unspecified atom stereocenters. The Morgan fingerprint density at radius 1 is 1.30 bits per heavy atom. The molecule has 2 fully saturated rings. The lowest BCUT2D eigenvalue weighted by Gasteiger charge is -2.33. The summed E-state index contributed by atoms with van der Waals surface area (Å²) in [7, 11) is 0. The van der Waals surface area contributed by atoms with E-state index in [1.54, 1.807) is 11.3 Å². The van der Waals surface area contributed by atoms with Gasteiger partial charge in [-0.1, -0.05) is 6.07 Å². The van der Waals surface area contributed by atoms with Crippen molar-refractivity contribution >= 4 is 29.5 Å². The largest absolute Gasteiger partial charge is 0.352 e. The van der Waals surface area contributed by atoms with E-state index in [0.29, 0.717) is 19.3 Å². The molecular weight excluding hydrogens is 380 g/mol. The van der Waals surface area contributed by atoms with Crippen molar-refractivity contribution in [2.75, 3.05) is 32.7 Å². The van der Waals surface area contributed by atoms with Gasteiger partial charge in [-0.2, -0.15) is 0 Å². The standard InChI is InChI=1S/C18H26N6OS2/c1-2-23-17(15-4-3-11-27-15)20-24(18(23)26)13-22-9-7-21(8-10-22)12-16(25)19-14-5-6-14/h3-4,11,14H,2,5-10,12-13H2,1H3,(H,19,25). The predicted octanol–water partition coefficient (Wildman–Crippen LogP) is 2.02. The lowest BCUT2D eigenvalue weighted by atomic mass is 10.3. The van der Waals surface area contributed by atoms with E-state index in [1.807, 2.05) is 10.7 Å². The van der Waals surface area contributed by atoms with Gasteiger partial charge in [0.25, 0.3) is 0 Å². The van der Waals surface area contributed by atoms with Crippen molar-refractivity contribution in [2.24, 2.45) is 0 Å². The number of piperazine rings is 1. The summed E-state index contributed by atoms with van der Waals surface area (Å²) < 4.78 is 4.80. The molecule has 9 heteroatoms. The summed E-state index contributed by atoms with van der Waals surface area (Å²) in [5.41, 5.74) is 0. The van der Waals surface area contributed by atoms with Gasteiger partial charge in [0.05, 0.1) is 18.1 Å². The van der Waals surface area contributed by atoms with Gasteiger partial charge in [-0.05, 0) is 43.4 Å². The van der Waals surface area contributed by atoms with E-state index in [0.717, 1.165) is 61.0 Å². The van der Waals surface area contributed by atoms with Crippen LogP contribution in [-0.4, -0.2) is 68.8 Å². The van der Waals surface area contributed by atoms with Gasteiger partial charge < -0.3 is 5.32 Å². The summed E-state index contributed by atoms with van der Waals surface area (Å²) in [6.07, 6.45) is 2.27. The molecule has 0 spiro atoms. The number of nitrogens with one attached hydrogen (secondary N) is 1. The summed E-state index contributed by atoms with van der Waals surface area (Å²) in [6, 6.07) is 4.57. The normalized spacial score (nSPS) is 18.7. The Balaban J connectivity index is 1.35. The maximum Gasteiger partial charge on any atom is 0.234 e. The minimum Gasteiger partial charge on any atom is -0.352 e. The van der Waals surface area contributed by atoms with Crippen LogP contribution in [0.2, 0.25) is 0 Å². The molecule has 2 aromatic heterocycles. The number of rotatable bonds is 7. The molecule has 1 aliphatic carbocycles. The molecule has 1 N–H and O–H groups in total. The van der Waals surface area contributed by atoms with E-state index in [9.17, 15) is 4.79 Å². The van der Waals surface area contributed by atoms with E-state index < -0.39 is 0 Å². The molecule has 1 saturated heterocycles. The van der Waals surface area contributed by atoms with Crippen molar-refractivity contribution in [1.29, 1.82) is 0 Å². The lowest BCUT2D eigenvalue weighted by molar-refractivity contribution is -0.122. The van der Waals surface area contributed by atoms with Crippen molar-refractivity contribution < 1.29 is 4.79 Å². The molecule has 0 aromatic carbocycles. The molecule has 2 aliphatic rings. The molecular formula is C18H26N6OS2. The fourth-order valence-corrected chi connectivity index (χ4v) is 4.42. The number of nitrogens with zero attached hydrogens (tertiary/aromatic N) is 5. The summed E-state index contributed by atoms with van der Waals surface area (Å²) in [6.45, 7) is 7.77. The zero-order chi connectivity index (χ0) is 18.8. The van der Waals surface area contributed by atoms with Crippen molar-refractivity contribution in [1.82, 2.24) is 29.5 Å². The van der Waals surface area contributed by atoms with Crippen LogP contribution >= 0.6 is 23.6 Å². The van der Waals surface area contributed by atoms with Crippen LogP contribution in [0.4, 0.5) is 0 Å². The average Bonchev–Trinajstić information content (AvgIpc) is 3.18. The topological polar surface area (TPSA) is 58.3 Å². The quantitative estimate of drug-likeness (QED) is 0.713. The first kappa shape index (κ1) is 18.8. The van der Waals surface area contributed by atoms with E-state index in [2.05, 4.69) is 38.1 Å². The molecule has 7 nitrogen and oxygen atoms in total. The zero-order valence-electron chi connectivity index (χ0n) is 15.6. The van der Waals surface area contributed by atoms with Gasteiger partial charge in [0.1, 0.15) is 0 Å². The number of amides is 1. The Morgan fingerprint density at radius 3 is 2.67 bits per heavy atom. The maximum atomic E-state index is 12.0. The molecule has 0 atom stereocenters. The molecule has 4 rings (SSSR count). The van der Waals surface area contributed by atoms with Gasteiger partial charge in [-0.25, -0.2) is 4.68 Å². The van der Waals surface area contributed by atoms with Crippen LogP contribution in [0.5, 0.6) is 0 Å². The highest BCUT2D eigenvalue weighted by Crippen LogP contribution is 2.23. The first-order valence-electron chi connectivity index (χ1n) is 9.59. The minimum absolute atomic E-state index is 0.162. The van der Waals surface area contributed by atoms with Gasteiger partial charge in [0, 0.05) is 38.8 Å². The van der Waals surface area contributed by atoms with Crippen molar-refractivity contribution in [3.63, 3.8) is 0 Å². The summed E-state index contributed by atoms with van der Waals surface area (Å²) in [4.78, 5) is 17.7. The van der Waals surface area contributed by atoms with Crippen LogP contribution in [0.3, 0.4) is 0 Å². The molecule has 0 radical (unpaired) electrons. The molecule has 1 amide bonds. The van der Waals surface area contributed by atoms with Gasteiger partial charge in [-0.15, -0.1) is 16.4 Å². The molecule has 0 bridgehead atoms. The van der Waals surface area contributed by atoms with Crippen LogP contribution in [0.15, 0.2) is 17.5 Å². The molecule has 27 heavy (non-hydrogen) atoms. The number of aromatic nitrogens is 3. The zero-order valence-corrected chi connectivity index (χ0v) is 17.3. The van der Waals surface area contributed by atoms with E-state index in [4.69, 9.17) is 17.3 Å². The monoisotopic (exact) mass is 406 g/mol. The van der Waals surface area contributed by atoms with E-state index >= 15 is 0 Å². The van der Waals surface area contributed by atoms with Gasteiger partial charge in [0.2, 0.25) is 5.91 Å². The first-order chi connectivity index (χ1) is 13.1. The summed E-state index contributed by atoms with van der Waals surface area (Å²) in [5, 5.41) is 9.92. The second-order valence-electron chi connectivity index (χ2n) is 7.20. The van der Waals surface area contributed by atoms with Crippen LogP contribution in [0.1, 0.15) is 19.8 Å². The van der Waals surface area contributed by atoms with Crippen molar-refractivity contribution in [2.45, 2.75) is 39.0 Å². The van der Waals surface area contributed by atoms with Crippen LogP contribution in [-0.2, 0) is 18.0 Å². The third kappa shape index (κ3) is 4.48. The Bertz CT molecular complexity index is 831. The number of thiophene rings is 1. The number of hydrogen-bond acceptors (Lipinski definition) is 6. The first-order valence-corrected chi connectivity index (χ1v) is 10.9. The summed E-state index contributed by atoms with van der Waals surface area (Å²) in [5.74, 6) is 1.11. The second kappa shape index (κ2) is 8.22. The van der Waals surface area contributed by atoms with Crippen molar-refractivity contribution in [3.8, 4) is 10.7 Å². The third-order valence-corrected chi connectivity index (χ3v) is 6.39. The molecule has 3 heterocycles. The minimum atomic E-state index is 0.162. The van der Waals surface area contributed by atoms with Crippen LogP contribution < -0.4 is 5.32 Å². The van der Waals surface area contributed by atoms with Gasteiger partial charge >= 0.3 is 0 Å². The highest BCUT2D eigenvalue weighted by Gasteiger charge is 2.25. The smallest absolute Gasteiger partial charge is 0.234 e. The maximum absolute atomic E-state index is 12.0. The van der Waals surface area contributed by atoms with Crippen LogP contribution in [0, 0.1) is 4.77 Å². The molecule has 2 aromatic rings. The molecule has 1 saturated carbocycles. The fourth-order valence-electron chi connectivity index (χ4n) is 3.39. The fraction of sp³-hybridized carbons (Fsp3) is 0.611. The Kier molecular flexibility index (Phi) is 5.72. The van der Waals surface area contributed by atoms with E-state index in [-0.39, 0.29) is 5.91 Å². The number of carbonyl (C=O) groups excluding carboxylic acids is 1. The predicted molar refractivity (Wildman–Crippen MR) is 109 cm³/mol. The van der Waals surface area contributed by atoms with Gasteiger partial charge in [0.15, 0.2) is 10.6 Å². The SMILES string of the molecule is CCn1c(-c2cccs2)nn(CN2CCN(CC(=O)NC3CC3)CC2)c1=S. The molecule has 146 valence electrons. The Morgan fingerprint density at radius 2 is 2.04 bits per heavy atom. The average molecular weight is 407 g/mol. The van der Waals surface area contributed by atoms with Crippen LogP contribution in [0.25, 0.3) is 10.7 Å².